The molecule has 3 rings (SSSR count). The minimum absolute atomic E-state index is 0.0115. The molecule has 1 heterocycles. The van der Waals surface area contributed by atoms with E-state index in [-0.39, 0.29) is 11.9 Å². The maximum atomic E-state index is 12.4. The number of benzene rings is 2. The van der Waals surface area contributed by atoms with Gasteiger partial charge in [-0.3, -0.25) is 4.79 Å². The Hall–Kier alpha value is -1.84. The van der Waals surface area contributed by atoms with Crippen LogP contribution in [0.5, 0.6) is 5.75 Å². The van der Waals surface area contributed by atoms with Crippen molar-refractivity contribution in [3.05, 3.63) is 64.7 Å². The van der Waals surface area contributed by atoms with E-state index in [1.54, 1.807) is 24.3 Å². The summed E-state index contributed by atoms with van der Waals surface area (Å²) in [7, 11) is 0. The van der Waals surface area contributed by atoms with Gasteiger partial charge in [0.1, 0.15) is 11.9 Å². The third-order valence-electron chi connectivity index (χ3n) is 3.78. The number of ketones is 1. The summed E-state index contributed by atoms with van der Waals surface area (Å²) in [6.07, 6.45) is 2.42. The molecule has 1 fully saturated rings. The summed E-state index contributed by atoms with van der Waals surface area (Å²) in [5.74, 6) is 0.795. The minimum atomic E-state index is -0.0115. The SMILES string of the molecule is O=C(c1ccc(Cl)cc1)c1ccc(O[C@@H]2CCCNC2)cc1. The lowest BCUT2D eigenvalue weighted by atomic mass is 10.0. The first-order valence-corrected chi connectivity index (χ1v) is 7.88. The summed E-state index contributed by atoms with van der Waals surface area (Å²) in [5.41, 5.74) is 1.28. The van der Waals surface area contributed by atoms with Crippen LogP contribution < -0.4 is 10.1 Å². The standard InChI is InChI=1S/C18H18ClNO2/c19-15-7-3-13(4-8-15)18(21)14-5-9-16(10-6-14)22-17-2-1-11-20-12-17/h3-10,17,20H,1-2,11-12H2/t17-/m1/s1. The number of ether oxygens (including phenoxy) is 1. The maximum absolute atomic E-state index is 12.4. The maximum Gasteiger partial charge on any atom is 0.193 e. The quantitative estimate of drug-likeness (QED) is 0.874. The lowest BCUT2D eigenvalue weighted by Crippen LogP contribution is -2.37. The van der Waals surface area contributed by atoms with Crippen LogP contribution in [0.3, 0.4) is 0 Å². The highest BCUT2D eigenvalue weighted by molar-refractivity contribution is 6.30. The Morgan fingerprint density at radius 2 is 1.68 bits per heavy atom. The molecule has 0 radical (unpaired) electrons. The molecule has 1 saturated heterocycles. The van der Waals surface area contributed by atoms with Crippen LogP contribution in [0.2, 0.25) is 5.02 Å². The average Bonchev–Trinajstić information content (AvgIpc) is 2.57. The largest absolute Gasteiger partial charge is 0.489 e. The summed E-state index contributed by atoms with van der Waals surface area (Å²) in [5, 5.41) is 3.95. The van der Waals surface area contributed by atoms with Crippen LogP contribution in [0.4, 0.5) is 0 Å². The van der Waals surface area contributed by atoms with Crippen molar-refractivity contribution in [3.63, 3.8) is 0 Å². The van der Waals surface area contributed by atoms with Gasteiger partial charge in [-0.1, -0.05) is 11.6 Å². The van der Waals surface area contributed by atoms with Gasteiger partial charge in [0.05, 0.1) is 0 Å². The van der Waals surface area contributed by atoms with Gasteiger partial charge in [-0.05, 0) is 67.9 Å². The smallest absolute Gasteiger partial charge is 0.193 e. The van der Waals surface area contributed by atoms with Gasteiger partial charge in [0, 0.05) is 22.7 Å². The summed E-state index contributed by atoms with van der Waals surface area (Å²) in [6.45, 7) is 1.94. The highest BCUT2D eigenvalue weighted by atomic mass is 35.5. The van der Waals surface area contributed by atoms with Crippen molar-refractivity contribution in [3.8, 4) is 5.75 Å². The number of piperidine rings is 1. The molecule has 114 valence electrons. The van der Waals surface area contributed by atoms with Gasteiger partial charge in [0.25, 0.3) is 0 Å². The summed E-state index contributed by atoms with van der Waals surface area (Å²) in [4.78, 5) is 12.4. The number of rotatable bonds is 4. The number of nitrogens with one attached hydrogen (secondary N) is 1. The van der Waals surface area contributed by atoms with Crippen molar-refractivity contribution >= 4 is 17.4 Å². The Morgan fingerprint density at radius 3 is 2.27 bits per heavy atom. The third kappa shape index (κ3) is 3.67. The Balaban J connectivity index is 1.68. The Kier molecular flexibility index (Phi) is 4.76. The van der Waals surface area contributed by atoms with Crippen molar-refractivity contribution in [2.75, 3.05) is 13.1 Å². The van der Waals surface area contributed by atoms with Crippen molar-refractivity contribution < 1.29 is 9.53 Å². The van der Waals surface area contributed by atoms with E-state index in [4.69, 9.17) is 16.3 Å². The number of halogens is 1. The highest BCUT2D eigenvalue weighted by Gasteiger charge is 2.15. The molecule has 0 saturated carbocycles. The average molecular weight is 316 g/mol. The fraction of sp³-hybridized carbons (Fsp3) is 0.278. The van der Waals surface area contributed by atoms with E-state index >= 15 is 0 Å². The van der Waals surface area contributed by atoms with Crippen LogP contribution in [0.1, 0.15) is 28.8 Å². The molecule has 1 aliphatic rings. The molecule has 3 nitrogen and oxygen atoms in total. The molecule has 0 amide bonds. The highest BCUT2D eigenvalue weighted by Crippen LogP contribution is 2.19. The van der Waals surface area contributed by atoms with E-state index in [2.05, 4.69) is 5.32 Å². The lowest BCUT2D eigenvalue weighted by Gasteiger charge is -2.23. The number of hydrogen-bond acceptors (Lipinski definition) is 3. The molecule has 0 spiro atoms. The van der Waals surface area contributed by atoms with Crippen LogP contribution in [0.25, 0.3) is 0 Å². The van der Waals surface area contributed by atoms with Crippen molar-refractivity contribution in [1.29, 1.82) is 0 Å². The summed E-state index contributed by atoms with van der Waals surface area (Å²) in [6, 6.07) is 14.3. The number of carbonyl (C=O) groups excluding carboxylic acids is 1. The summed E-state index contributed by atoms with van der Waals surface area (Å²) >= 11 is 5.84. The van der Waals surface area contributed by atoms with E-state index in [9.17, 15) is 4.79 Å². The zero-order valence-corrected chi connectivity index (χ0v) is 13.0. The molecular formula is C18H18ClNO2. The van der Waals surface area contributed by atoms with Crippen LogP contribution >= 0.6 is 11.6 Å². The van der Waals surface area contributed by atoms with Gasteiger partial charge in [0.2, 0.25) is 0 Å². The van der Waals surface area contributed by atoms with E-state index in [1.165, 1.54) is 0 Å². The second-order valence-corrected chi connectivity index (χ2v) is 5.88. The first kappa shape index (κ1) is 15.1. The molecule has 0 unspecified atom stereocenters. The molecule has 1 atom stereocenters. The zero-order valence-electron chi connectivity index (χ0n) is 12.2. The fourth-order valence-electron chi connectivity index (χ4n) is 2.57. The monoisotopic (exact) mass is 315 g/mol. The van der Waals surface area contributed by atoms with Gasteiger partial charge in [0.15, 0.2) is 5.78 Å². The van der Waals surface area contributed by atoms with E-state index < -0.39 is 0 Å². The van der Waals surface area contributed by atoms with Crippen LogP contribution in [-0.4, -0.2) is 25.0 Å². The minimum Gasteiger partial charge on any atom is -0.489 e. The van der Waals surface area contributed by atoms with Gasteiger partial charge >= 0.3 is 0 Å². The van der Waals surface area contributed by atoms with Crippen molar-refractivity contribution in [2.45, 2.75) is 18.9 Å². The number of hydrogen-bond donors (Lipinski definition) is 1. The lowest BCUT2D eigenvalue weighted by molar-refractivity contribution is 0.103. The van der Waals surface area contributed by atoms with Crippen LogP contribution in [0.15, 0.2) is 48.5 Å². The molecule has 1 N–H and O–H groups in total. The molecule has 0 aliphatic carbocycles. The van der Waals surface area contributed by atoms with Gasteiger partial charge < -0.3 is 10.1 Å². The Labute approximate surface area is 135 Å². The predicted octanol–water partition coefficient (Wildman–Crippen LogP) is 3.70. The first-order chi connectivity index (χ1) is 10.7. The van der Waals surface area contributed by atoms with Crippen LogP contribution in [-0.2, 0) is 0 Å². The normalized spacial score (nSPS) is 18.0. The van der Waals surface area contributed by atoms with Crippen molar-refractivity contribution in [2.24, 2.45) is 0 Å². The van der Waals surface area contributed by atoms with E-state index in [0.717, 1.165) is 31.7 Å². The summed E-state index contributed by atoms with van der Waals surface area (Å²) < 4.78 is 5.92. The topological polar surface area (TPSA) is 38.3 Å². The zero-order chi connectivity index (χ0) is 15.4. The first-order valence-electron chi connectivity index (χ1n) is 7.50. The fourth-order valence-corrected chi connectivity index (χ4v) is 2.69. The van der Waals surface area contributed by atoms with Crippen LogP contribution in [0, 0.1) is 0 Å². The second-order valence-electron chi connectivity index (χ2n) is 5.45. The van der Waals surface area contributed by atoms with Crippen molar-refractivity contribution in [1.82, 2.24) is 5.32 Å². The molecular weight excluding hydrogens is 298 g/mol. The molecule has 0 aromatic heterocycles. The third-order valence-corrected chi connectivity index (χ3v) is 4.03. The second kappa shape index (κ2) is 6.95. The predicted molar refractivity (Wildman–Crippen MR) is 87.8 cm³/mol. The molecule has 4 heteroatoms. The van der Waals surface area contributed by atoms with Gasteiger partial charge in [-0.25, -0.2) is 0 Å². The molecule has 0 bridgehead atoms. The molecule has 22 heavy (non-hydrogen) atoms. The number of carbonyl (C=O) groups is 1. The van der Waals surface area contributed by atoms with Gasteiger partial charge in [-0.2, -0.15) is 0 Å². The molecule has 2 aromatic carbocycles. The molecule has 1 aliphatic heterocycles. The van der Waals surface area contributed by atoms with E-state index in [1.807, 2.05) is 24.3 Å². The van der Waals surface area contributed by atoms with Gasteiger partial charge in [-0.15, -0.1) is 0 Å². The Bertz CT molecular complexity index is 631. The Morgan fingerprint density at radius 1 is 1.05 bits per heavy atom. The van der Waals surface area contributed by atoms with E-state index in [0.29, 0.717) is 16.1 Å². The molecule has 2 aromatic rings.